The van der Waals surface area contributed by atoms with E-state index in [9.17, 15) is 9.59 Å². The minimum absolute atomic E-state index is 0.103. The lowest BCUT2D eigenvalue weighted by molar-refractivity contribution is -0.117. The average Bonchev–Trinajstić information content (AvgIpc) is 3.31. The van der Waals surface area contributed by atoms with E-state index >= 15 is 0 Å². The normalized spacial score (nSPS) is 14.0. The number of para-hydroxylation sites is 1. The molecule has 2 aromatic heterocycles. The van der Waals surface area contributed by atoms with Crippen LogP contribution in [0.25, 0.3) is 10.2 Å². The third-order valence-electron chi connectivity index (χ3n) is 4.04. The molecule has 7 heteroatoms. The van der Waals surface area contributed by atoms with Crippen molar-refractivity contribution >= 4 is 32.6 Å². The van der Waals surface area contributed by atoms with Crippen molar-refractivity contribution in [2.45, 2.75) is 32.2 Å². The Balaban J connectivity index is 1.52. The summed E-state index contributed by atoms with van der Waals surface area (Å²) in [6, 6.07) is 9.16. The van der Waals surface area contributed by atoms with Gasteiger partial charge in [0.2, 0.25) is 5.91 Å². The second kappa shape index (κ2) is 5.83. The number of aromatic nitrogens is 3. The number of rotatable bonds is 4. The van der Waals surface area contributed by atoms with Gasteiger partial charge in [0.25, 0.3) is 5.56 Å². The van der Waals surface area contributed by atoms with Crippen molar-refractivity contribution < 1.29 is 4.79 Å². The lowest BCUT2D eigenvalue weighted by Gasteiger charge is -2.06. The van der Waals surface area contributed by atoms with Crippen LogP contribution in [0.15, 0.2) is 35.1 Å². The summed E-state index contributed by atoms with van der Waals surface area (Å²) in [5.41, 5.74) is 2.58. The molecule has 1 saturated carbocycles. The maximum absolute atomic E-state index is 12.2. The molecule has 0 spiro atoms. The number of carbonyl (C=O) groups excluding carboxylic acids is 1. The van der Waals surface area contributed by atoms with Gasteiger partial charge in [0.05, 0.1) is 15.9 Å². The number of hydrogen-bond donors (Lipinski definition) is 1. The molecule has 2 heterocycles. The standard InChI is InChI=1S/C17H16N4O2S/c1-10-3-2-4-13-16(10)19-17(24-13)18-14(22)9-21-15(23)8-7-12(20-21)11-5-6-11/h2-4,7-8,11H,5-6,9H2,1H3,(H,18,19,22). The second-order valence-electron chi connectivity index (χ2n) is 6.02. The van der Waals surface area contributed by atoms with Crippen LogP contribution in [-0.4, -0.2) is 20.7 Å². The van der Waals surface area contributed by atoms with Crippen molar-refractivity contribution in [1.82, 2.24) is 14.8 Å². The van der Waals surface area contributed by atoms with Crippen molar-refractivity contribution in [3.8, 4) is 0 Å². The van der Waals surface area contributed by atoms with Crippen molar-refractivity contribution in [1.29, 1.82) is 0 Å². The zero-order chi connectivity index (χ0) is 16.7. The summed E-state index contributed by atoms with van der Waals surface area (Å²) < 4.78 is 2.25. The van der Waals surface area contributed by atoms with Crippen LogP contribution in [0.5, 0.6) is 0 Å². The number of anilines is 1. The Morgan fingerprint density at radius 1 is 1.33 bits per heavy atom. The van der Waals surface area contributed by atoms with Gasteiger partial charge in [-0.05, 0) is 37.5 Å². The van der Waals surface area contributed by atoms with Gasteiger partial charge in [0.1, 0.15) is 6.54 Å². The molecular weight excluding hydrogens is 324 g/mol. The van der Waals surface area contributed by atoms with Gasteiger partial charge in [-0.1, -0.05) is 23.5 Å². The molecule has 1 aliphatic carbocycles. The van der Waals surface area contributed by atoms with E-state index in [0.717, 1.165) is 34.3 Å². The Hall–Kier alpha value is -2.54. The van der Waals surface area contributed by atoms with Crippen LogP contribution >= 0.6 is 11.3 Å². The molecule has 1 fully saturated rings. The molecule has 1 amide bonds. The molecular formula is C17H16N4O2S. The number of thiazole rings is 1. The highest BCUT2D eigenvalue weighted by atomic mass is 32.1. The molecule has 24 heavy (non-hydrogen) atoms. The van der Waals surface area contributed by atoms with Gasteiger partial charge in [-0.3, -0.25) is 9.59 Å². The predicted molar refractivity (Wildman–Crippen MR) is 93.5 cm³/mol. The minimum Gasteiger partial charge on any atom is -0.300 e. The monoisotopic (exact) mass is 340 g/mol. The van der Waals surface area contributed by atoms with Crippen molar-refractivity contribution in [2.75, 3.05) is 5.32 Å². The van der Waals surface area contributed by atoms with Crippen molar-refractivity contribution in [3.63, 3.8) is 0 Å². The fraction of sp³-hybridized carbons (Fsp3) is 0.294. The molecule has 6 nitrogen and oxygen atoms in total. The van der Waals surface area contributed by atoms with Crippen molar-refractivity contribution in [3.05, 3.63) is 51.9 Å². The Labute approximate surface area is 142 Å². The zero-order valence-corrected chi connectivity index (χ0v) is 14.0. The Morgan fingerprint density at radius 3 is 2.92 bits per heavy atom. The summed E-state index contributed by atoms with van der Waals surface area (Å²) in [6.45, 7) is 1.88. The van der Waals surface area contributed by atoms with E-state index < -0.39 is 0 Å². The molecule has 0 aliphatic heterocycles. The second-order valence-corrected chi connectivity index (χ2v) is 7.05. The molecule has 0 bridgehead atoms. The van der Waals surface area contributed by atoms with E-state index in [1.807, 2.05) is 25.1 Å². The number of benzene rings is 1. The molecule has 1 aromatic carbocycles. The Bertz CT molecular complexity index is 988. The first-order valence-corrected chi connectivity index (χ1v) is 8.66. The first kappa shape index (κ1) is 15.0. The minimum atomic E-state index is -0.297. The molecule has 0 saturated heterocycles. The first-order chi connectivity index (χ1) is 11.6. The van der Waals surface area contributed by atoms with Gasteiger partial charge in [0.15, 0.2) is 5.13 Å². The molecule has 4 rings (SSSR count). The molecule has 0 atom stereocenters. The van der Waals surface area contributed by atoms with E-state index in [-0.39, 0.29) is 18.0 Å². The van der Waals surface area contributed by atoms with Gasteiger partial charge >= 0.3 is 0 Å². The molecule has 3 aromatic rings. The largest absolute Gasteiger partial charge is 0.300 e. The third kappa shape index (κ3) is 2.94. The maximum atomic E-state index is 12.2. The zero-order valence-electron chi connectivity index (χ0n) is 13.2. The molecule has 122 valence electrons. The van der Waals surface area contributed by atoms with E-state index in [4.69, 9.17) is 0 Å². The summed E-state index contributed by atoms with van der Waals surface area (Å²) in [5.74, 6) is 0.140. The van der Waals surface area contributed by atoms with Gasteiger partial charge in [-0.2, -0.15) is 5.10 Å². The van der Waals surface area contributed by atoms with Crippen LogP contribution in [0.3, 0.4) is 0 Å². The molecule has 0 radical (unpaired) electrons. The fourth-order valence-electron chi connectivity index (χ4n) is 2.61. The van der Waals surface area contributed by atoms with E-state index in [0.29, 0.717) is 11.0 Å². The Kier molecular flexibility index (Phi) is 3.65. The Morgan fingerprint density at radius 2 is 2.17 bits per heavy atom. The van der Waals surface area contributed by atoms with Gasteiger partial charge in [-0.15, -0.1) is 0 Å². The number of hydrogen-bond acceptors (Lipinski definition) is 5. The van der Waals surface area contributed by atoms with E-state index in [1.54, 1.807) is 6.07 Å². The van der Waals surface area contributed by atoms with Crippen LogP contribution < -0.4 is 10.9 Å². The number of nitrogens with zero attached hydrogens (tertiary/aromatic N) is 3. The molecule has 1 N–H and O–H groups in total. The number of fused-ring (bicyclic) bond motifs is 1. The van der Waals surface area contributed by atoms with Crippen LogP contribution in [0.4, 0.5) is 5.13 Å². The van der Waals surface area contributed by atoms with Gasteiger partial charge in [0, 0.05) is 12.0 Å². The van der Waals surface area contributed by atoms with E-state index in [1.165, 1.54) is 22.1 Å². The summed E-state index contributed by atoms with van der Waals surface area (Å²) in [7, 11) is 0. The van der Waals surface area contributed by atoms with Crippen LogP contribution in [-0.2, 0) is 11.3 Å². The lowest BCUT2D eigenvalue weighted by Crippen LogP contribution is -2.29. The average molecular weight is 340 g/mol. The number of aryl methyl sites for hydroxylation is 1. The molecule has 0 unspecified atom stereocenters. The number of carbonyl (C=O) groups is 1. The quantitative estimate of drug-likeness (QED) is 0.792. The van der Waals surface area contributed by atoms with Crippen LogP contribution in [0.1, 0.15) is 30.0 Å². The van der Waals surface area contributed by atoms with Gasteiger partial charge < -0.3 is 5.32 Å². The third-order valence-corrected chi connectivity index (χ3v) is 4.98. The van der Waals surface area contributed by atoms with E-state index in [2.05, 4.69) is 15.4 Å². The highest BCUT2D eigenvalue weighted by Crippen LogP contribution is 2.38. The summed E-state index contributed by atoms with van der Waals surface area (Å²) in [5, 5.41) is 7.60. The number of nitrogens with one attached hydrogen (secondary N) is 1. The molecule has 1 aliphatic rings. The lowest BCUT2D eigenvalue weighted by atomic mass is 10.2. The summed E-state index contributed by atoms with van der Waals surface area (Å²) in [6.07, 6.45) is 2.20. The SMILES string of the molecule is Cc1cccc2sc(NC(=O)Cn3nc(C4CC4)ccc3=O)nc12. The summed E-state index contributed by atoms with van der Waals surface area (Å²) >= 11 is 1.42. The topological polar surface area (TPSA) is 76.9 Å². The summed E-state index contributed by atoms with van der Waals surface area (Å²) in [4.78, 5) is 28.6. The maximum Gasteiger partial charge on any atom is 0.267 e. The predicted octanol–water partition coefficient (Wildman–Crippen LogP) is 2.68. The van der Waals surface area contributed by atoms with Crippen molar-refractivity contribution in [2.24, 2.45) is 0 Å². The smallest absolute Gasteiger partial charge is 0.267 e. The van der Waals surface area contributed by atoms with Crippen LogP contribution in [0, 0.1) is 6.92 Å². The van der Waals surface area contributed by atoms with Gasteiger partial charge in [-0.25, -0.2) is 9.67 Å². The first-order valence-electron chi connectivity index (χ1n) is 7.84. The number of amides is 1. The fourth-order valence-corrected chi connectivity index (χ4v) is 3.57. The highest BCUT2D eigenvalue weighted by Gasteiger charge is 2.25. The van der Waals surface area contributed by atoms with Crippen LogP contribution in [0.2, 0.25) is 0 Å². The highest BCUT2D eigenvalue weighted by molar-refractivity contribution is 7.22.